The van der Waals surface area contributed by atoms with Crippen LogP contribution in [0.15, 0.2) is 17.9 Å². The number of nitrogens with two attached hydrogens (primary N) is 1. The van der Waals surface area contributed by atoms with Gasteiger partial charge in [-0.3, -0.25) is 4.79 Å². The van der Waals surface area contributed by atoms with Crippen molar-refractivity contribution in [2.24, 2.45) is 5.73 Å². The van der Waals surface area contributed by atoms with E-state index in [-0.39, 0.29) is 11.9 Å². The molecule has 2 heterocycles. The predicted molar refractivity (Wildman–Crippen MR) is 83.2 cm³/mol. The Bertz CT molecular complexity index is 551. The van der Waals surface area contributed by atoms with Crippen molar-refractivity contribution in [2.45, 2.75) is 38.6 Å². The molecule has 0 saturated heterocycles. The third kappa shape index (κ3) is 4.64. The fraction of sp³-hybridized carbons (Fsp3) is 0.500. The molecule has 2 aromatic heterocycles. The highest BCUT2D eigenvalue weighted by atomic mass is 32.1. The van der Waals surface area contributed by atoms with Crippen molar-refractivity contribution in [3.05, 3.63) is 34.3 Å². The topological polar surface area (TPSA) is 96.7 Å². The number of nitrogens with one attached hydrogen (secondary N) is 2. The fourth-order valence-corrected chi connectivity index (χ4v) is 2.77. The molecule has 0 saturated carbocycles. The molecule has 0 fully saturated rings. The minimum Gasteiger partial charge on any atom is -0.350 e. The van der Waals surface area contributed by atoms with E-state index in [9.17, 15) is 4.79 Å². The van der Waals surface area contributed by atoms with Crippen LogP contribution in [0, 0.1) is 0 Å². The summed E-state index contributed by atoms with van der Waals surface area (Å²) in [4.78, 5) is 23.3. The highest BCUT2D eigenvalue weighted by molar-refractivity contribution is 7.09. The number of hydrogen-bond donors (Lipinski definition) is 3. The Labute approximate surface area is 128 Å². The van der Waals surface area contributed by atoms with Crippen LogP contribution in [0.4, 0.5) is 0 Å². The van der Waals surface area contributed by atoms with Crippen LogP contribution < -0.4 is 11.1 Å². The Kier molecular flexibility index (Phi) is 5.89. The number of carbonyl (C=O) groups is 1. The van der Waals surface area contributed by atoms with Gasteiger partial charge in [-0.05, 0) is 6.42 Å². The Morgan fingerprint density at radius 1 is 1.57 bits per heavy atom. The summed E-state index contributed by atoms with van der Waals surface area (Å²) in [5.74, 6) is -0.153. The zero-order chi connectivity index (χ0) is 15.1. The molecule has 0 bridgehead atoms. The van der Waals surface area contributed by atoms with E-state index in [0.717, 1.165) is 36.4 Å². The fourth-order valence-electron chi connectivity index (χ4n) is 1.93. The summed E-state index contributed by atoms with van der Waals surface area (Å²) in [6, 6.07) is -0.0681. The molecule has 0 radical (unpaired) electrons. The van der Waals surface area contributed by atoms with Gasteiger partial charge >= 0.3 is 0 Å². The zero-order valence-corrected chi connectivity index (χ0v) is 12.9. The summed E-state index contributed by atoms with van der Waals surface area (Å²) >= 11 is 1.45. The molecule has 0 aromatic carbocycles. The third-order valence-electron chi connectivity index (χ3n) is 3.18. The van der Waals surface area contributed by atoms with Gasteiger partial charge in [0.05, 0.1) is 12.4 Å². The van der Waals surface area contributed by atoms with Crippen molar-refractivity contribution in [1.82, 2.24) is 20.3 Å². The number of aromatic amines is 1. The smallest absolute Gasteiger partial charge is 0.270 e. The standard InChI is InChI=1S/C14H21N5OS/c1-2-3-4-11(15)14-19-12(8-21-14)13(20)17-6-5-10-7-16-9-18-10/h7-9,11H,2-6,15H2,1H3,(H,16,18)(H,17,20). The number of rotatable bonds is 8. The number of aromatic nitrogens is 3. The van der Waals surface area contributed by atoms with Gasteiger partial charge in [0.1, 0.15) is 10.7 Å². The van der Waals surface area contributed by atoms with Crippen molar-refractivity contribution in [3.63, 3.8) is 0 Å². The molecule has 0 aliphatic rings. The van der Waals surface area contributed by atoms with Gasteiger partial charge in [-0.25, -0.2) is 9.97 Å². The van der Waals surface area contributed by atoms with Gasteiger partial charge in [0, 0.05) is 30.2 Å². The summed E-state index contributed by atoms with van der Waals surface area (Å²) in [5, 5.41) is 5.46. The molecule has 7 heteroatoms. The first-order valence-corrected chi connectivity index (χ1v) is 8.05. The lowest BCUT2D eigenvalue weighted by Gasteiger charge is -2.06. The maximum atomic E-state index is 12.0. The molecule has 1 atom stereocenters. The van der Waals surface area contributed by atoms with Gasteiger partial charge in [-0.1, -0.05) is 19.8 Å². The first kappa shape index (κ1) is 15.7. The molecule has 2 rings (SSSR count). The maximum absolute atomic E-state index is 12.0. The molecule has 4 N–H and O–H groups in total. The van der Waals surface area contributed by atoms with Crippen LogP contribution in [-0.2, 0) is 6.42 Å². The monoisotopic (exact) mass is 307 g/mol. The van der Waals surface area contributed by atoms with E-state index in [2.05, 4.69) is 27.2 Å². The third-order valence-corrected chi connectivity index (χ3v) is 4.15. The van der Waals surface area contributed by atoms with Gasteiger partial charge in [-0.15, -0.1) is 11.3 Å². The van der Waals surface area contributed by atoms with Gasteiger partial charge in [0.15, 0.2) is 0 Å². The molecule has 0 aliphatic carbocycles. The molecule has 1 unspecified atom stereocenters. The van der Waals surface area contributed by atoms with E-state index in [0.29, 0.717) is 12.2 Å². The largest absolute Gasteiger partial charge is 0.350 e. The van der Waals surface area contributed by atoms with Gasteiger partial charge in [0.25, 0.3) is 5.91 Å². The molecule has 0 spiro atoms. The second kappa shape index (κ2) is 7.90. The highest BCUT2D eigenvalue weighted by Crippen LogP contribution is 2.20. The second-order valence-corrected chi connectivity index (χ2v) is 5.79. The maximum Gasteiger partial charge on any atom is 0.270 e. The van der Waals surface area contributed by atoms with Gasteiger partial charge < -0.3 is 16.0 Å². The number of unbranched alkanes of at least 4 members (excludes halogenated alkanes) is 1. The number of thiazole rings is 1. The van der Waals surface area contributed by atoms with Crippen molar-refractivity contribution < 1.29 is 4.79 Å². The number of carbonyl (C=O) groups excluding carboxylic acids is 1. The summed E-state index contributed by atoms with van der Waals surface area (Å²) in [7, 11) is 0. The minimum absolute atomic E-state index is 0.0681. The summed E-state index contributed by atoms with van der Waals surface area (Å²) in [5.41, 5.74) is 7.51. The van der Waals surface area contributed by atoms with Crippen molar-refractivity contribution in [3.8, 4) is 0 Å². The summed E-state index contributed by atoms with van der Waals surface area (Å²) in [6.07, 6.45) is 7.19. The number of H-pyrrole nitrogens is 1. The molecule has 6 nitrogen and oxygen atoms in total. The lowest BCUT2D eigenvalue weighted by Crippen LogP contribution is -2.26. The van der Waals surface area contributed by atoms with E-state index in [1.165, 1.54) is 11.3 Å². The highest BCUT2D eigenvalue weighted by Gasteiger charge is 2.14. The van der Waals surface area contributed by atoms with Crippen LogP contribution in [0.1, 0.15) is 53.4 Å². The average molecular weight is 307 g/mol. The molecule has 21 heavy (non-hydrogen) atoms. The Balaban J connectivity index is 1.81. The molecule has 1 amide bonds. The molecule has 114 valence electrons. The number of imidazole rings is 1. The lowest BCUT2D eigenvalue weighted by atomic mass is 10.1. The predicted octanol–water partition coefficient (Wildman–Crippen LogP) is 2.03. The number of nitrogens with zero attached hydrogens (tertiary/aromatic N) is 2. The SMILES string of the molecule is CCCCC(N)c1nc(C(=O)NCCc2cnc[nH]2)cs1. The van der Waals surface area contributed by atoms with Crippen molar-refractivity contribution in [1.29, 1.82) is 0 Å². The normalized spacial score (nSPS) is 12.3. The summed E-state index contributed by atoms with van der Waals surface area (Å²) in [6.45, 7) is 2.68. The quantitative estimate of drug-likeness (QED) is 0.695. The van der Waals surface area contributed by atoms with Gasteiger partial charge in [-0.2, -0.15) is 0 Å². The Morgan fingerprint density at radius 2 is 2.43 bits per heavy atom. The van der Waals surface area contributed by atoms with Crippen LogP contribution in [0.5, 0.6) is 0 Å². The van der Waals surface area contributed by atoms with E-state index in [4.69, 9.17) is 5.73 Å². The van der Waals surface area contributed by atoms with Crippen molar-refractivity contribution >= 4 is 17.2 Å². The first-order valence-electron chi connectivity index (χ1n) is 7.17. The number of amides is 1. The van der Waals surface area contributed by atoms with E-state index in [1.54, 1.807) is 17.9 Å². The number of hydrogen-bond acceptors (Lipinski definition) is 5. The van der Waals surface area contributed by atoms with Crippen molar-refractivity contribution in [2.75, 3.05) is 6.54 Å². The molecule has 2 aromatic rings. The zero-order valence-electron chi connectivity index (χ0n) is 12.1. The van der Waals surface area contributed by atoms with Gasteiger partial charge in [0.2, 0.25) is 0 Å². The van der Waals surface area contributed by atoms with E-state index < -0.39 is 0 Å². The first-order chi connectivity index (χ1) is 10.2. The molecular formula is C14H21N5OS. The Morgan fingerprint density at radius 3 is 3.14 bits per heavy atom. The minimum atomic E-state index is -0.153. The Hall–Kier alpha value is -1.73. The second-order valence-electron chi connectivity index (χ2n) is 4.90. The van der Waals surface area contributed by atoms with Crippen LogP contribution in [0.2, 0.25) is 0 Å². The van der Waals surface area contributed by atoms with Crippen LogP contribution in [0.3, 0.4) is 0 Å². The van der Waals surface area contributed by atoms with E-state index >= 15 is 0 Å². The van der Waals surface area contributed by atoms with E-state index in [1.807, 2.05) is 0 Å². The van der Waals surface area contributed by atoms with Crippen LogP contribution in [0.25, 0.3) is 0 Å². The molecular weight excluding hydrogens is 286 g/mol. The average Bonchev–Trinajstić information content (AvgIpc) is 3.15. The van der Waals surface area contributed by atoms with Crippen LogP contribution >= 0.6 is 11.3 Å². The lowest BCUT2D eigenvalue weighted by molar-refractivity contribution is 0.0949. The van der Waals surface area contributed by atoms with Crippen LogP contribution in [-0.4, -0.2) is 27.4 Å². The molecule has 0 aliphatic heterocycles. The summed E-state index contributed by atoms with van der Waals surface area (Å²) < 4.78 is 0.